The first-order valence-electron chi connectivity index (χ1n) is 10.1. The zero-order valence-electron chi connectivity index (χ0n) is 17.2. The highest BCUT2D eigenvalue weighted by Gasteiger charge is 2.40. The van der Waals surface area contributed by atoms with E-state index in [1.807, 2.05) is 71.6 Å². The van der Waals surface area contributed by atoms with Crippen molar-refractivity contribution >= 4 is 33.9 Å². The molecule has 5 nitrogen and oxygen atoms in total. The Balaban J connectivity index is 1.73. The van der Waals surface area contributed by atoms with E-state index >= 15 is 0 Å². The molecule has 1 aliphatic heterocycles. The second-order valence-electron chi connectivity index (χ2n) is 7.67. The summed E-state index contributed by atoms with van der Waals surface area (Å²) in [5, 5.41) is 7.63. The topological polar surface area (TPSA) is 51.7 Å². The molecule has 0 spiro atoms. The Kier molecular flexibility index (Phi) is 4.55. The number of aromatic amines is 1. The number of hydrogen-bond acceptors (Lipinski definition) is 4. The van der Waals surface area contributed by atoms with Crippen LogP contribution in [0.5, 0.6) is 0 Å². The predicted octanol–water partition coefficient (Wildman–Crippen LogP) is 5.54. The largest absolute Gasteiger partial charge is 0.361 e. The normalized spacial score (nSPS) is 16.1. The Morgan fingerprint density at radius 3 is 2.35 bits per heavy atom. The van der Waals surface area contributed by atoms with Crippen LogP contribution in [0.4, 0.5) is 15.8 Å². The predicted molar refractivity (Wildman–Crippen MR) is 122 cm³/mol. The maximum absolute atomic E-state index is 13.7. The Morgan fingerprint density at radius 2 is 1.65 bits per heavy atom. The fourth-order valence-electron chi connectivity index (χ4n) is 4.01. The molecule has 0 bridgehead atoms. The molecule has 3 aromatic carbocycles. The highest BCUT2D eigenvalue weighted by molar-refractivity contribution is 6.44. The van der Waals surface area contributed by atoms with E-state index in [0.717, 1.165) is 27.7 Å². The van der Waals surface area contributed by atoms with Crippen LogP contribution in [0.2, 0.25) is 0 Å². The molecule has 154 valence electrons. The number of nitrogens with zero attached hydrogens (tertiary/aromatic N) is 3. The maximum Gasteiger partial charge on any atom is 0.198 e. The van der Waals surface area contributed by atoms with Gasteiger partial charge in [-0.15, -0.1) is 5.10 Å². The van der Waals surface area contributed by atoms with E-state index in [9.17, 15) is 9.18 Å². The highest BCUT2D eigenvalue weighted by atomic mass is 19.1. The number of rotatable bonds is 4. The molecule has 0 saturated heterocycles. The van der Waals surface area contributed by atoms with Gasteiger partial charge in [-0.05, 0) is 49.4 Å². The molecule has 0 fully saturated rings. The lowest BCUT2D eigenvalue weighted by molar-refractivity contribution is -0.111. The van der Waals surface area contributed by atoms with Crippen molar-refractivity contribution in [1.29, 1.82) is 0 Å². The number of nitrogens with one attached hydrogen (secondary N) is 1. The van der Waals surface area contributed by atoms with Gasteiger partial charge in [-0.2, -0.15) is 0 Å². The lowest BCUT2D eigenvalue weighted by Gasteiger charge is -2.31. The second-order valence-corrected chi connectivity index (χ2v) is 7.67. The number of H-pyrrole nitrogens is 1. The van der Waals surface area contributed by atoms with Crippen molar-refractivity contribution in [3.8, 4) is 0 Å². The van der Waals surface area contributed by atoms with Gasteiger partial charge in [0.05, 0.1) is 5.69 Å². The van der Waals surface area contributed by atoms with Crippen molar-refractivity contribution in [2.45, 2.75) is 20.0 Å². The first kappa shape index (κ1) is 19.1. The van der Waals surface area contributed by atoms with Crippen molar-refractivity contribution in [3.05, 3.63) is 95.9 Å². The summed E-state index contributed by atoms with van der Waals surface area (Å²) in [6.45, 7) is 3.53. The summed E-state index contributed by atoms with van der Waals surface area (Å²) in [7, 11) is 0. The number of hydrazone groups is 1. The van der Waals surface area contributed by atoms with Crippen LogP contribution in [-0.2, 0) is 4.79 Å². The molecule has 0 radical (unpaired) electrons. The number of hydrogen-bond donors (Lipinski definition) is 1. The Bertz CT molecular complexity index is 1290. The van der Waals surface area contributed by atoms with Gasteiger partial charge in [-0.3, -0.25) is 9.69 Å². The lowest BCUT2D eigenvalue weighted by atomic mass is 10.1. The quantitative estimate of drug-likeness (QED) is 0.479. The summed E-state index contributed by atoms with van der Waals surface area (Å²) in [5.41, 5.74) is 4.67. The molecule has 4 aromatic rings. The number of anilines is 2. The van der Waals surface area contributed by atoms with Crippen molar-refractivity contribution in [2.75, 3.05) is 9.91 Å². The molecule has 1 aromatic heterocycles. The lowest BCUT2D eigenvalue weighted by Crippen LogP contribution is -2.37. The van der Waals surface area contributed by atoms with Gasteiger partial charge in [0.2, 0.25) is 0 Å². The molecule has 0 amide bonds. The highest BCUT2D eigenvalue weighted by Crippen LogP contribution is 2.41. The molecule has 2 heterocycles. The van der Waals surface area contributed by atoms with Gasteiger partial charge in [-0.25, -0.2) is 9.40 Å². The van der Waals surface area contributed by atoms with E-state index < -0.39 is 6.17 Å². The minimum Gasteiger partial charge on any atom is -0.361 e. The third-order valence-electron chi connectivity index (χ3n) is 5.52. The second kappa shape index (κ2) is 7.40. The molecule has 0 saturated carbocycles. The molecule has 1 N–H and O–H groups in total. The van der Waals surface area contributed by atoms with Gasteiger partial charge in [0.15, 0.2) is 17.8 Å². The fraction of sp³-hybridized carbons (Fsp3) is 0.120. The molecule has 5 rings (SSSR count). The third-order valence-corrected chi connectivity index (χ3v) is 5.52. The minimum atomic E-state index is -0.414. The molecular weight excluding hydrogens is 391 g/mol. The van der Waals surface area contributed by atoms with E-state index in [1.165, 1.54) is 19.1 Å². The molecule has 1 aliphatic rings. The third kappa shape index (κ3) is 3.26. The average Bonchev–Trinajstić information content (AvgIpc) is 3.36. The molecule has 31 heavy (non-hydrogen) atoms. The number of benzene rings is 3. The Hall–Kier alpha value is -3.93. The fourth-order valence-corrected chi connectivity index (χ4v) is 4.01. The van der Waals surface area contributed by atoms with E-state index in [4.69, 9.17) is 5.10 Å². The maximum atomic E-state index is 13.7. The minimum absolute atomic E-state index is 0.163. The van der Waals surface area contributed by atoms with Gasteiger partial charge in [-0.1, -0.05) is 35.9 Å². The molecule has 6 heteroatoms. The van der Waals surface area contributed by atoms with E-state index in [-0.39, 0.29) is 11.6 Å². The van der Waals surface area contributed by atoms with Gasteiger partial charge in [0.25, 0.3) is 0 Å². The van der Waals surface area contributed by atoms with Gasteiger partial charge in [0.1, 0.15) is 5.82 Å². The summed E-state index contributed by atoms with van der Waals surface area (Å²) in [6, 6.07) is 22.2. The number of Topliss-reactive ketones (excluding diaryl/α,β-unsaturated/α-hetero) is 1. The van der Waals surface area contributed by atoms with Crippen LogP contribution in [-0.4, -0.2) is 16.6 Å². The van der Waals surface area contributed by atoms with Crippen LogP contribution < -0.4 is 9.91 Å². The average molecular weight is 412 g/mol. The number of carbonyl (C=O) groups excluding carboxylic acids is 1. The SMILES string of the molecule is CC(=O)C1=NN(c2ccc(C)cc2)C(c2c[nH]c3ccccc23)N1c1ccc(F)cc1. The van der Waals surface area contributed by atoms with Crippen LogP contribution in [0.15, 0.2) is 84.1 Å². The number of fused-ring (bicyclic) bond motifs is 1. The molecule has 1 atom stereocenters. The van der Waals surface area contributed by atoms with E-state index in [1.54, 1.807) is 12.1 Å². The summed E-state index contributed by atoms with van der Waals surface area (Å²) in [5.74, 6) is -0.186. The van der Waals surface area contributed by atoms with E-state index in [2.05, 4.69) is 4.98 Å². The van der Waals surface area contributed by atoms with Crippen LogP contribution in [0.25, 0.3) is 10.9 Å². The molecular formula is C25H21FN4O. The summed E-state index contributed by atoms with van der Waals surface area (Å²) < 4.78 is 13.7. The summed E-state index contributed by atoms with van der Waals surface area (Å²) in [6.07, 6.45) is 1.54. The molecule has 1 unspecified atom stereocenters. The van der Waals surface area contributed by atoms with Gasteiger partial charge in [0, 0.05) is 35.3 Å². The monoisotopic (exact) mass is 412 g/mol. The van der Waals surface area contributed by atoms with Crippen LogP contribution in [0.1, 0.15) is 24.2 Å². The van der Waals surface area contributed by atoms with Crippen LogP contribution in [0, 0.1) is 12.7 Å². The Labute approximate surface area is 179 Å². The first-order chi connectivity index (χ1) is 15.0. The van der Waals surface area contributed by atoms with Gasteiger partial charge >= 0.3 is 0 Å². The number of amidine groups is 1. The van der Waals surface area contributed by atoms with Crippen LogP contribution in [0.3, 0.4) is 0 Å². The standard InChI is InChI=1S/C25H21FN4O/c1-16-7-11-20(12-8-16)30-25(22-15-27-23-6-4-3-5-21(22)23)29(24(28-30)17(2)31)19-13-9-18(26)10-14-19/h3-15,25,27H,1-2H3. The van der Waals surface area contributed by atoms with Gasteiger partial charge < -0.3 is 4.98 Å². The number of para-hydroxylation sites is 1. The number of carbonyl (C=O) groups is 1. The number of halogens is 1. The number of aromatic nitrogens is 1. The van der Waals surface area contributed by atoms with Crippen molar-refractivity contribution in [3.63, 3.8) is 0 Å². The van der Waals surface area contributed by atoms with Crippen molar-refractivity contribution < 1.29 is 9.18 Å². The zero-order valence-corrected chi connectivity index (χ0v) is 17.2. The van der Waals surface area contributed by atoms with Crippen molar-refractivity contribution in [1.82, 2.24) is 4.98 Å². The first-order valence-corrected chi connectivity index (χ1v) is 10.1. The van der Waals surface area contributed by atoms with E-state index in [0.29, 0.717) is 11.5 Å². The zero-order chi connectivity index (χ0) is 21.5. The number of aryl methyl sites for hydroxylation is 1. The van der Waals surface area contributed by atoms with Crippen molar-refractivity contribution in [2.24, 2.45) is 5.10 Å². The summed E-state index contributed by atoms with van der Waals surface area (Å²) >= 11 is 0. The van der Waals surface area contributed by atoms with Crippen LogP contribution >= 0.6 is 0 Å². The number of ketones is 1. The molecule has 0 aliphatic carbocycles. The summed E-state index contributed by atoms with van der Waals surface area (Å²) in [4.78, 5) is 17.8. The smallest absolute Gasteiger partial charge is 0.198 e. The Morgan fingerprint density at radius 1 is 0.968 bits per heavy atom.